The van der Waals surface area contributed by atoms with Gasteiger partial charge in [0.05, 0.1) is 12.8 Å². The molecule has 0 aliphatic heterocycles. The fourth-order valence-electron chi connectivity index (χ4n) is 1.85. The van der Waals surface area contributed by atoms with Crippen molar-refractivity contribution in [2.75, 3.05) is 0 Å². The molecular weight excluding hydrogens is 198 g/mol. The summed E-state index contributed by atoms with van der Waals surface area (Å²) in [7, 11) is 0. The van der Waals surface area contributed by atoms with Crippen molar-refractivity contribution in [1.82, 2.24) is 5.32 Å². The van der Waals surface area contributed by atoms with E-state index in [4.69, 9.17) is 4.42 Å². The summed E-state index contributed by atoms with van der Waals surface area (Å²) >= 11 is 0. The third-order valence-electron chi connectivity index (χ3n) is 2.86. The maximum atomic E-state index is 5.34. The number of furan rings is 1. The summed E-state index contributed by atoms with van der Waals surface area (Å²) < 4.78 is 5.34. The van der Waals surface area contributed by atoms with Gasteiger partial charge in [-0.3, -0.25) is 0 Å². The average Bonchev–Trinajstić information content (AvgIpc) is 2.62. The fraction of sp³-hybridized carbons (Fsp3) is 0.714. The van der Waals surface area contributed by atoms with Crippen molar-refractivity contribution in [3.8, 4) is 0 Å². The van der Waals surface area contributed by atoms with E-state index in [-0.39, 0.29) is 5.41 Å². The summed E-state index contributed by atoms with van der Waals surface area (Å²) in [5, 5.41) is 3.60. The number of hydrogen-bond acceptors (Lipinski definition) is 2. The van der Waals surface area contributed by atoms with Crippen LogP contribution in [-0.4, -0.2) is 6.04 Å². The zero-order chi connectivity index (χ0) is 12.2. The summed E-state index contributed by atoms with van der Waals surface area (Å²) in [6.07, 6.45) is 2.93. The molecule has 0 aliphatic carbocycles. The highest BCUT2D eigenvalue weighted by Crippen LogP contribution is 2.25. The average molecular weight is 223 g/mol. The van der Waals surface area contributed by atoms with Crippen LogP contribution in [0.4, 0.5) is 0 Å². The first kappa shape index (κ1) is 13.3. The minimum Gasteiger partial charge on any atom is -0.468 e. The lowest BCUT2D eigenvalue weighted by atomic mass is 9.82. The number of hydrogen-bond donors (Lipinski definition) is 1. The van der Waals surface area contributed by atoms with Gasteiger partial charge in [0.25, 0.3) is 0 Å². The SMILES string of the molecule is CC(C)CC(NCc1ccco1)C(C)(C)C. The van der Waals surface area contributed by atoms with Gasteiger partial charge in [-0.2, -0.15) is 0 Å². The zero-order valence-corrected chi connectivity index (χ0v) is 11.2. The van der Waals surface area contributed by atoms with Crippen molar-refractivity contribution < 1.29 is 4.42 Å². The molecule has 1 aromatic heterocycles. The lowest BCUT2D eigenvalue weighted by molar-refractivity contribution is 0.228. The summed E-state index contributed by atoms with van der Waals surface area (Å²) in [6, 6.07) is 4.48. The molecule has 0 radical (unpaired) electrons. The molecule has 1 atom stereocenters. The van der Waals surface area contributed by atoms with Gasteiger partial charge < -0.3 is 9.73 Å². The van der Waals surface area contributed by atoms with Gasteiger partial charge in [-0.05, 0) is 29.9 Å². The van der Waals surface area contributed by atoms with Crippen LogP contribution in [0.2, 0.25) is 0 Å². The van der Waals surface area contributed by atoms with E-state index < -0.39 is 0 Å². The quantitative estimate of drug-likeness (QED) is 0.820. The maximum Gasteiger partial charge on any atom is 0.117 e. The summed E-state index contributed by atoms with van der Waals surface area (Å²) in [5.41, 5.74) is 0.289. The highest BCUT2D eigenvalue weighted by Gasteiger charge is 2.24. The molecule has 1 N–H and O–H groups in total. The maximum absolute atomic E-state index is 5.34. The smallest absolute Gasteiger partial charge is 0.117 e. The third kappa shape index (κ3) is 4.40. The molecule has 92 valence electrons. The van der Waals surface area contributed by atoms with Crippen LogP contribution in [-0.2, 0) is 6.54 Å². The Morgan fingerprint density at radius 2 is 2.00 bits per heavy atom. The fourth-order valence-corrected chi connectivity index (χ4v) is 1.85. The van der Waals surface area contributed by atoms with Crippen molar-refractivity contribution in [2.24, 2.45) is 11.3 Å². The van der Waals surface area contributed by atoms with Crippen molar-refractivity contribution in [2.45, 2.75) is 53.6 Å². The van der Waals surface area contributed by atoms with E-state index in [1.165, 1.54) is 6.42 Å². The topological polar surface area (TPSA) is 25.2 Å². The van der Waals surface area contributed by atoms with Gasteiger partial charge in [-0.25, -0.2) is 0 Å². The Hall–Kier alpha value is -0.760. The summed E-state index contributed by atoms with van der Waals surface area (Å²) in [5.74, 6) is 1.73. The molecule has 1 unspecified atom stereocenters. The van der Waals surface area contributed by atoms with Gasteiger partial charge in [0, 0.05) is 6.04 Å². The van der Waals surface area contributed by atoms with E-state index in [1.807, 2.05) is 12.1 Å². The molecule has 2 heteroatoms. The standard InChI is InChI=1S/C14H25NO/c1-11(2)9-13(14(3,4)5)15-10-12-7-6-8-16-12/h6-8,11,13,15H,9-10H2,1-5H3. The predicted molar refractivity (Wildman–Crippen MR) is 68.2 cm³/mol. The molecular formula is C14H25NO. The van der Waals surface area contributed by atoms with Crippen LogP contribution in [0, 0.1) is 11.3 Å². The molecule has 0 amide bonds. The molecule has 0 bridgehead atoms. The van der Waals surface area contributed by atoms with Crippen LogP contribution >= 0.6 is 0 Å². The summed E-state index contributed by atoms with van der Waals surface area (Å²) in [6.45, 7) is 12.2. The second-order valence-electron chi connectivity index (χ2n) is 6.01. The first-order valence-electron chi connectivity index (χ1n) is 6.15. The molecule has 0 spiro atoms. The minimum absolute atomic E-state index is 0.289. The monoisotopic (exact) mass is 223 g/mol. The lowest BCUT2D eigenvalue weighted by Crippen LogP contribution is -2.40. The molecule has 0 aromatic carbocycles. The Balaban J connectivity index is 2.50. The van der Waals surface area contributed by atoms with Crippen molar-refractivity contribution >= 4 is 0 Å². The Labute approximate surface area is 99.4 Å². The van der Waals surface area contributed by atoms with Gasteiger partial charge in [0.15, 0.2) is 0 Å². The molecule has 1 heterocycles. The number of rotatable bonds is 5. The van der Waals surface area contributed by atoms with Gasteiger partial charge in [0.2, 0.25) is 0 Å². The van der Waals surface area contributed by atoms with E-state index in [0.717, 1.165) is 12.3 Å². The van der Waals surface area contributed by atoms with Crippen LogP contribution in [0.15, 0.2) is 22.8 Å². The Kier molecular flexibility index (Phi) is 4.60. The molecule has 0 saturated carbocycles. The van der Waals surface area contributed by atoms with Crippen molar-refractivity contribution in [1.29, 1.82) is 0 Å². The van der Waals surface area contributed by atoms with Gasteiger partial charge in [-0.1, -0.05) is 34.6 Å². The highest BCUT2D eigenvalue weighted by atomic mass is 16.3. The van der Waals surface area contributed by atoms with E-state index in [9.17, 15) is 0 Å². The van der Waals surface area contributed by atoms with Crippen molar-refractivity contribution in [3.63, 3.8) is 0 Å². The Morgan fingerprint density at radius 3 is 2.44 bits per heavy atom. The Bertz CT molecular complexity index is 282. The highest BCUT2D eigenvalue weighted by molar-refractivity contribution is 4.98. The van der Waals surface area contributed by atoms with E-state index in [1.54, 1.807) is 6.26 Å². The zero-order valence-electron chi connectivity index (χ0n) is 11.2. The van der Waals surface area contributed by atoms with Gasteiger partial charge in [-0.15, -0.1) is 0 Å². The molecule has 1 aromatic rings. The predicted octanol–water partition coefficient (Wildman–Crippen LogP) is 3.83. The second-order valence-corrected chi connectivity index (χ2v) is 6.01. The van der Waals surface area contributed by atoms with E-state index in [2.05, 4.69) is 39.9 Å². The van der Waals surface area contributed by atoms with Crippen LogP contribution in [0.25, 0.3) is 0 Å². The van der Waals surface area contributed by atoms with Gasteiger partial charge >= 0.3 is 0 Å². The molecule has 0 saturated heterocycles. The van der Waals surface area contributed by atoms with Crippen molar-refractivity contribution in [3.05, 3.63) is 24.2 Å². The lowest BCUT2D eigenvalue weighted by Gasteiger charge is -2.32. The largest absolute Gasteiger partial charge is 0.468 e. The number of nitrogens with one attached hydrogen (secondary N) is 1. The first-order valence-corrected chi connectivity index (χ1v) is 6.15. The molecule has 0 aliphatic rings. The van der Waals surface area contributed by atoms with Crippen LogP contribution in [0.1, 0.15) is 46.8 Å². The molecule has 0 fully saturated rings. The van der Waals surface area contributed by atoms with Crippen LogP contribution in [0.5, 0.6) is 0 Å². The minimum atomic E-state index is 0.289. The molecule has 16 heavy (non-hydrogen) atoms. The molecule has 1 rings (SSSR count). The van der Waals surface area contributed by atoms with E-state index >= 15 is 0 Å². The Morgan fingerprint density at radius 1 is 1.31 bits per heavy atom. The first-order chi connectivity index (χ1) is 7.39. The van der Waals surface area contributed by atoms with E-state index in [0.29, 0.717) is 12.0 Å². The molecule has 2 nitrogen and oxygen atoms in total. The van der Waals surface area contributed by atoms with Crippen LogP contribution in [0.3, 0.4) is 0 Å². The van der Waals surface area contributed by atoms with Gasteiger partial charge in [0.1, 0.15) is 5.76 Å². The third-order valence-corrected chi connectivity index (χ3v) is 2.86. The second kappa shape index (κ2) is 5.53. The normalized spacial score (nSPS) is 14.4. The van der Waals surface area contributed by atoms with Crippen LogP contribution < -0.4 is 5.32 Å². The summed E-state index contributed by atoms with van der Waals surface area (Å²) in [4.78, 5) is 0.